The van der Waals surface area contributed by atoms with E-state index >= 15 is 0 Å². The van der Waals surface area contributed by atoms with Crippen molar-refractivity contribution in [1.82, 2.24) is 19.9 Å². The summed E-state index contributed by atoms with van der Waals surface area (Å²) in [6, 6.07) is 4.41. The van der Waals surface area contributed by atoms with Gasteiger partial charge in [-0.1, -0.05) is 15.9 Å². The number of rotatable bonds is 2. The molecule has 0 fully saturated rings. The number of aromatic nitrogens is 4. The number of hydrogen-bond donors (Lipinski definition) is 0. The molecule has 0 bridgehead atoms. The molecule has 2 aromatic heterocycles. The number of carbonyl (C=O) groups is 1. The fourth-order valence-corrected chi connectivity index (χ4v) is 2.12. The van der Waals surface area contributed by atoms with Crippen LogP contribution >= 0.6 is 15.9 Å². The molecule has 20 heavy (non-hydrogen) atoms. The zero-order valence-electron chi connectivity index (χ0n) is 9.92. The zero-order valence-corrected chi connectivity index (χ0v) is 11.5. The van der Waals surface area contributed by atoms with Gasteiger partial charge in [0.15, 0.2) is 17.8 Å². The molecule has 0 aliphatic rings. The van der Waals surface area contributed by atoms with Gasteiger partial charge in [0.25, 0.3) is 0 Å². The standard InChI is InChI=1S/C13H6BrFN4O/c14-7-1-2-9(15)8(5-7)12-18-10(6-20)11-13(19-12)17-4-3-16-11/h1-6H. The highest BCUT2D eigenvalue weighted by Crippen LogP contribution is 2.24. The monoisotopic (exact) mass is 332 g/mol. The molecule has 0 amide bonds. The highest BCUT2D eigenvalue weighted by atomic mass is 79.9. The first-order valence-electron chi connectivity index (χ1n) is 5.58. The van der Waals surface area contributed by atoms with E-state index in [1.165, 1.54) is 18.5 Å². The summed E-state index contributed by atoms with van der Waals surface area (Å²) in [6.07, 6.45) is 3.45. The van der Waals surface area contributed by atoms with Gasteiger partial charge in [-0.15, -0.1) is 0 Å². The number of benzene rings is 1. The molecular formula is C13H6BrFN4O. The van der Waals surface area contributed by atoms with E-state index in [4.69, 9.17) is 0 Å². The largest absolute Gasteiger partial charge is 0.296 e. The molecule has 2 heterocycles. The number of fused-ring (bicyclic) bond motifs is 1. The van der Waals surface area contributed by atoms with Crippen LogP contribution in [0.15, 0.2) is 35.1 Å². The minimum Gasteiger partial charge on any atom is -0.296 e. The van der Waals surface area contributed by atoms with Gasteiger partial charge in [-0.05, 0) is 18.2 Å². The van der Waals surface area contributed by atoms with Crippen LogP contribution < -0.4 is 0 Å². The van der Waals surface area contributed by atoms with Crippen LogP contribution in [-0.4, -0.2) is 26.2 Å². The van der Waals surface area contributed by atoms with Crippen molar-refractivity contribution in [2.24, 2.45) is 0 Å². The highest BCUT2D eigenvalue weighted by Gasteiger charge is 2.14. The molecule has 0 saturated carbocycles. The van der Waals surface area contributed by atoms with Crippen LogP contribution in [0.1, 0.15) is 10.5 Å². The molecule has 0 spiro atoms. The molecular weight excluding hydrogens is 327 g/mol. The van der Waals surface area contributed by atoms with Gasteiger partial charge in [0, 0.05) is 16.9 Å². The van der Waals surface area contributed by atoms with Gasteiger partial charge < -0.3 is 0 Å². The number of halogens is 2. The summed E-state index contributed by atoms with van der Waals surface area (Å²) in [5.41, 5.74) is 0.813. The number of aldehydes is 1. The first-order valence-corrected chi connectivity index (χ1v) is 6.37. The lowest BCUT2D eigenvalue weighted by Gasteiger charge is -2.05. The fraction of sp³-hybridized carbons (Fsp3) is 0. The maximum atomic E-state index is 13.9. The maximum Gasteiger partial charge on any atom is 0.182 e. The fourth-order valence-electron chi connectivity index (χ4n) is 1.76. The number of hydrogen-bond acceptors (Lipinski definition) is 5. The molecule has 1 aromatic carbocycles. The summed E-state index contributed by atoms with van der Waals surface area (Å²) in [7, 11) is 0. The second kappa shape index (κ2) is 5.01. The summed E-state index contributed by atoms with van der Waals surface area (Å²) in [5, 5.41) is 0. The lowest BCUT2D eigenvalue weighted by atomic mass is 10.2. The third-order valence-electron chi connectivity index (χ3n) is 2.64. The first kappa shape index (κ1) is 12.7. The van der Waals surface area contributed by atoms with Crippen LogP contribution in [0.4, 0.5) is 4.39 Å². The molecule has 3 aromatic rings. The minimum atomic E-state index is -0.478. The SMILES string of the molecule is O=Cc1nc(-c2cc(Br)ccc2F)nc2nccnc12. The Hall–Kier alpha value is -2.28. The Morgan fingerprint density at radius 1 is 1.15 bits per heavy atom. The lowest BCUT2D eigenvalue weighted by Crippen LogP contribution is -2.01. The molecule has 0 N–H and O–H groups in total. The van der Waals surface area contributed by atoms with Crippen LogP contribution in [-0.2, 0) is 0 Å². The highest BCUT2D eigenvalue weighted by molar-refractivity contribution is 9.10. The van der Waals surface area contributed by atoms with Crippen molar-refractivity contribution in [2.45, 2.75) is 0 Å². The van der Waals surface area contributed by atoms with Crippen molar-refractivity contribution in [1.29, 1.82) is 0 Å². The van der Waals surface area contributed by atoms with Crippen molar-refractivity contribution in [3.05, 3.63) is 46.6 Å². The number of nitrogens with zero attached hydrogens (tertiary/aromatic N) is 4. The van der Waals surface area contributed by atoms with Crippen LogP contribution in [0.25, 0.3) is 22.6 Å². The summed E-state index contributed by atoms with van der Waals surface area (Å²) in [4.78, 5) is 27.3. The Morgan fingerprint density at radius 2 is 1.95 bits per heavy atom. The molecule has 7 heteroatoms. The predicted molar refractivity (Wildman–Crippen MR) is 73.6 cm³/mol. The van der Waals surface area contributed by atoms with Crippen LogP contribution in [0.3, 0.4) is 0 Å². The van der Waals surface area contributed by atoms with Gasteiger partial charge in [0.1, 0.15) is 17.0 Å². The van der Waals surface area contributed by atoms with E-state index in [1.807, 2.05) is 0 Å². The van der Waals surface area contributed by atoms with Gasteiger partial charge in [-0.25, -0.2) is 24.3 Å². The Labute approximate surface area is 121 Å². The Kier molecular flexibility index (Phi) is 3.19. The molecule has 0 saturated heterocycles. The quantitative estimate of drug-likeness (QED) is 0.675. The van der Waals surface area contributed by atoms with E-state index in [0.717, 1.165) is 0 Å². The minimum absolute atomic E-state index is 0.0810. The first-order chi connectivity index (χ1) is 9.69. The maximum absolute atomic E-state index is 13.9. The van der Waals surface area contributed by atoms with Crippen LogP contribution in [0, 0.1) is 5.82 Å². The van der Waals surface area contributed by atoms with Crippen LogP contribution in [0.2, 0.25) is 0 Å². The molecule has 0 atom stereocenters. The predicted octanol–water partition coefficient (Wildman–Crippen LogP) is 2.80. The normalized spacial score (nSPS) is 10.7. The van der Waals surface area contributed by atoms with Crippen molar-refractivity contribution >= 4 is 33.4 Å². The second-order valence-electron chi connectivity index (χ2n) is 3.90. The Balaban J connectivity index is 2.31. The smallest absolute Gasteiger partial charge is 0.182 e. The Bertz CT molecular complexity index is 825. The van der Waals surface area contributed by atoms with Gasteiger partial charge in [0.05, 0.1) is 5.56 Å². The molecule has 0 aliphatic carbocycles. The zero-order chi connectivity index (χ0) is 14.1. The van der Waals surface area contributed by atoms with Gasteiger partial charge >= 0.3 is 0 Å². The lowest BCUT2D eigenvalue weighted by molar-refractivity contribution is 0.112. The second-order valence-corrected chi connectivity index (χ2v) is 4.82. The van der Waals surface area contributed by atoms with E-state index in [2.05, 4.69) is 35.9 Å². The van der Waals surface area contributed by atoms with E-state index in [0.29, 0.717) is 16.3 Å². The average molecular weight is 333 g/mol. The molecule has 0 aliphatic heterocycles. The van der Waals surface area contributed by atoms with Crippen LogP contribution in [0.5, 0.6) is 0 Å². The summed E-state index contributed by atoms with van der Waals surface area (Å²) in [5.74, 6) is -0.382. The molecule has 0 radical (unpaired) electrons. The third-order valence-corrected chi connectivity index (χ3v) is 3.13. The van der Waals surface area contributed by atoms with E-state index in [1.54, 1.807) is 12.1 Å². The molecule has 5 nitrogen and oxygen atoms in total. The molecule has 3 rings (SSSR count). The summed E-state index contributed by atoms with van der Waals surface area (Å²) < 4.78 is 14.6. The van der Waals surface area contributed by atoms with Gasteiger partial charge in [-0.3, -0.25) is 4.79 Å². The molecule has 0 unspecified atom stereocenters. The number of carbonyl (C=O) groups excluding carboxylic acids is 1. The third kappa shape index (κ3) is 2.16. The van der Waals surface area contributed by atoms with Crippen molar-refractivity contribution in [2.75, 3.05) is 0 Å². The van der Waals surface area contributed by atoms with Gasteiger partial charge in [0.2, 0.25) is 0 Å². The van der Waals surface area contributed by atoms with Gasteiger partial charge in [-0.2, -0.15) is 0 Å². The summed E-state index contributed by atoms with van der Waals surface area (Å²) >= 11 is 3.26. The molecule has 98 valence electrons. The average Bonchev–Trinajstić information content (AvgIpc) is 2.48. The van der Waals surface area contributed by atoms with Crippen molar-refractivity contribution in [3.63, 3.8) is 0 Å². The van der Waals surface area contributed by atoms with E-state index < -0.39 is 5.82 Å². The van der Waals surface area contributed by atoms with Crippen molar-refractivity contribution < 1.29 is 9.18 Å². The summed E-state index contributed by atoms with van der Waals surface area (Å²) in [6.45, 7) is 0. The van der Waals surface area contributed by atoms with E-state index in [9.17, 15) is 9.18 Å². The topological polar surface area (TPSA) is 68.6 Å². The van der Waals surface area contributed by atoms with Crippen molar-refractivity contribution in [3.8, 4) is 11.4 Å². The van der Waals surface area contributed by atoms with E-state index in [-0.39, 0.29) is 22.7 Å². The Morgan fingerprint density at radius 3 is 2.75 bits per heavy atom.